The number of carboxylic acid groups (broad SMARTS) is 1. The van der Waals surface area contributed by atoms with E-state index in [1.165, 1.54) is 51.4 Å². The number of amides is 1. The maximum atomic E-state index is 12.1. The van der Waals surface area contributed by atoms with Crippen molar-refractivity contribution in [2.24, 2.45) is 0 Å². The number of aliphatic carboxylic acids is 1. The molecular weight excluding hydrogens is 578 g/mol. The number of unbranched alkanes of at least 4 members (excludes halogenated alkanes) is 12. The molecule has 0 aliphatic carbocycles. The molecule has 1 amide bonds. The molecule has 0 unspecified atom stereocenters. The zero-order valence-corrected chi connectivity index (χ0v) is 28.8. The third-order valence-electron chi connectivity index (χ3n) is 7.10. The first-order valence-electron chi connectivity index (χ1n) is 17.6. The lowest BCUT2D eigenvalue weighted by Crippen LogP contribution is -2.25. The Bertz CT molecular complexity index is 752. The smallest absolute Gasteiger partial charge is 0.306 e. The van der Waals surface area contributed by atoms with Crippen LogP contribution < -0.4 is 5.32 Å². The summed E-state index contributed by atoms with van der Waals surface area (Å²) >= 11 is 0. The van der Waals surface area contributed by atoms with E-state index in [4.69, 9.17) is 24.1 Å². The average molecular weight is 644 g/mol. The van der Waals surface area contributed by atoms with Gasteiger partial charge < -0.3 is 29.4 Å². The summed E-state index contributed by atoms with van der Waals surface area (Å²) in [6.45, 7) is 9.29. The van der Waals surface area contributed by atoms with Crippen molar-refractivity contribution in [2.75, 3.05) is 46.2 Å². The number of rotatable bonds is 33. The van der Waals surface area contributed by atoms with Crippen LogP contribution >= 0.6 is 0 Å². The highest BCUT2D eigenvalue weighted by molar-refractivity contribution is 5.80. The molecule has 10 heteroatoms. The molecule has 0 aliphatic rings. The predicted molar refractivity (Wildman–Crippen MR) is 176 cm³/mol. The van der Waals surface area contributed by atoms with Crippen LogP contribution in [0.4, 0.5) is 0 Å². The minimum Gasteiger partial charge on any atom is -0.481 e. The highest BCUT2D eigenvalue weighted by atomic mass is 16.6. The van der Waals surface area contributed by atoms with E-state index in [0.717, 1.165) is 38.5 Å². The summed E-state index contributed by atoms with van der Waals surface area (Å²) in [5, 5.41) is 11.2. The Labute approximate surface area is 273 Å². The average Bonchev–Trinajstić information content (AvgIpc) is 2.97. The van der Waals surface area contributed by atoms with E-state index in [9.17, 15) is 19.2 Å². The number of Topliss-reactive ketones (excluding diaryl/α,β-unsaturated/α-hetero) is 1. The number of carboxylic acids is 1. The van der Waals surface area contributed by atoms with Crippen molar-refractivity contribution in [3.05, 3.63) is 0 Å². The van der Waals surface area contributed by atoms with Gasteiger partial charge >= 0.3 is 11.9 Å². The molecule has 0 rings (SSSR count). The zero-order valence-electron chi connectivity index (χ0n) is 28.8. The minimum atomic E-state index is -0.977. The second-order valence-corrected chi connectivity index (χ2v) is 12.8. The topological polar surface area (TPSA) is 137 Å². The summed E-state index contributed by atoms with van der Waals surface area (Å²) in [4.78, 5) is 45.6. The van der Waals surface area contributed by atoms with Crippen molar-refractivity contribution in [1.29, 1.82) is 0 Å². The highest BCUT2D eigenvalue weighted by Gasteiger charge is 2.15. The van der Waals surface area contributed by atoms with Crippen LogP contribution in [0.3, 0.4) is 0 Å². The van der Waals surface area contributed by atoms with E-state index >= 15 is 0 Å². The summed E-state index contributed by atoms with van der Waals surface area (Å²) in [5.74, 6) is -0.952. The number of ketones is 1. The first kappa shape index (κ1) is 43.0. The van der Waals surface area contributed by atoms with Crippen molar-refractivity contribution in [3.63, 3.8) is 0 Å². The lowest BCUT2D eigenvalue weighted by Gasteiger charge is -2.19. The first-order valence-corrected chi connectivity index (χ1v) is 17.6. The van der Waals surface area contributed by atoms with Crippen molar-refractivity contribution >= 4 is 23.6 Å². The number of hydrogen-bond acceptors (Lipinski definition) is 8. The molecule has 0 bridgehead atoms. The second-order valence-electron chi connectivity index (χ2n) is 12.8. The fourth-order valence-corrected chi connectivity index (χ4v) is 4.66. The van der Waals surface area contributed by atoms with Gasteiger partial charge in [-0.15, -0.1) is 0 Å². The number of nitrogens with one attached hydrogen (secondary N) is 1. The lowest BCUT2D eigenvalue weighted by atomic mass is 10.0. The fraction of sp³-hybridized carbons (Fsp3) is 0.886. The standard InChI is InChI=1S/C35H65NO9/c1-35(2,3)45-34(41)21-15-13-11-9-7-5-4-6-8-10-12-14-19-31(37)20-16-17-25-42-27-29-44-30-28-43-26-18-24-36-32(38)22-23-33(39)40/h4-30H2,1-3H3,(H,36,38)(H,39,40). The molecule has 0 spiro atoms. The van der Waals surface area contributed by atoms with Gasteiger partial charge in [-0.1, -0.05) is 64.2 Å². The van der Waals surface area contributed by atoms with Crippen molar-refractivity contribution in [3.8, 4) is 0 Å². The van der Waals surface area contributed by atoms with E-state index in [1.807, 2.05) is 20.8 Å². The number of carbonyl (C=O) groups excluding carboxylic acids is 3. The van der Waals surface area contributed by atoms with Gasteiger partial charge in [0, 0.05) is 45.4 Å². The summed E-state index contributed by atoms with van der Waals surface area (Å²) in [5.41, 5.74) is -0.384. The van der Waals surface area contributed by atoms with Crippen LogP contribution in [0, 0.1) is 0 Å². The molecule has 0 saturated carbocycles. The molecule has 0 fully saturated rings. The van der Waals surface area contributed by atoms with Crippen LogP contribution in [0.5, 0.6) is 0 Å². The van der Waals surface area contributed by atoms with Gasteiger partial charge in [0.05, 0.1) is 32.8 Å². The van der Waals surface area contributed by atoms with Crippen LogP contribution in [0.25, 0.3) is 0 Å². The van der Waals surface area contributed by atoms with E-state index in [-0.39, 0.29) is 30.3 Å². The minimum absolute atomic E-state index is 0.00340. The largest absolute Gasteiger partial charge is 0.481 e. The third-order valence-corrected chi connectivity index (χ3v) is 7.10. The number of ether oxygens (including phenoxy) is 4. The molecule has 0 atom stereocenters. The molecule has 0 aromatic carbocycles. The molecule has 45 heavy (non-hydrogen) atoms. The number of carbonyl (C=O) groups is 4. The molecule has 0 radical (unpaired) electrons. The van der Waals surface area contributed by atoms with Crippen molar-refractivity contribution in [1.82, 2.24) is 5.32 Å². The summed E-state index contributed by atoms with van der Waals surface area (Å²) in [7, 11) is 0. The number of esters is 1. The molecule has 0 saturated heterocycles. The zero-order chi connectivity index (χ0) is 33.4. The molecule has 264 valence electrons. The predicted octanol–water partition coefficient (Wildman–Crippen LogP) is 6.95. The first-order chi connectivity index (χ1) is 21.6. The molecular formula is C35H65NO9. The van der Waals surface area contributed by atoms with Gasteiger partial charge in [-0.25, -0.2) is 0 Å². The molecule has 0 aromatic rings. The quantitative estimate of drug-likeness (QED) is 0.0575. The SMILES string of the molecule is CC(C)(C)OC(=O)CCCCCCCCCCCCCCC(=O)CCCCOCCOCCOCCCNC(=O)CCC(=O)O. The van der Waals surface area contributed by atoms with E-state index in [0.29, 0.717) is 77.7 Å². The van der Waals surface area contributed by atoms with E-state index in [2.05, 4.69) is 5.32 Å². The van der Waals surface area contributed by atoms with Gasteiger partial charge in [0.1, 0.15) is 11.4 Å². The summed E-state index contributed by atoms with van der Waals surface area (Å²) < 4.78 is 21.8. The molecule has 2 N–H and O–H groups in total. The van der Waals surface area contributed by atoms with Crippen molar-refractivity contribution in [2.45, 2.75) is 155 Å². The van der Waals surface area contributed by atoms with E-state index in [1.54, 1.807) is 0 Å². The lowest BCUT2D eigenvalue weighted by molar-refractivity contribution is -0.155. The Morgan fingerprint density at radius 1 is 0.511 bits per heavy atom. The molecule has 10 nitrogen and oxygen atoms in total. The Morgan fingerprint density at radius 3 is 1.42 bits per heavy atom. The van der Waals surface area contributed by atoms with Gasteiger partial charge in [-0.05, 0) is 52.9 Å². The monoisotopic (exact) mass is 643 g/mol. The Morgan fingerprint density at radius 2 is 0.933 bits per heavy atom. The van der Waals surface area contributed by atoms with Crippen LogP contribution in [0.2, 0.25) is 0 Å². The van der Waals surface area contributed by atoms with Crippen LogP contribution in [-0.2, 0) is 38.1 Å². The maximum Gasteiger partial charge on any atom is 0.306 e. The third kappa shape index (κ3) is 36.3. The normalized spacial score (nSPS) is 11.4. The molecule has 0 aliphatic heterocycles. The van der Waals surface area contributed by atoms with Crippen LogP contribution in [0.1, 0.15) is 149 Å². The second kappa shape index (κ2) is 30.6. The van der Waals surface area contributed by atoms with Gasteiger partial charge in [0.2, 0.25) is 5.91 Å². The Balaban J connectivity index is 3.26. The van der Waals surface area contributed by atoms with Gasteiger partial charge in [0.15, 0.2) is 0 Å². The Hall–Kier alpha value is -2.04. The maximum absolute atomic E-state index is 12.1. The molecule has 0 aromatic heterocycles. The molecule has 0 heterocycles. The van der Waals surface area contributed by atoms with Gasteiger partial charge in [-0.3, -0.25) is 19.2 Å². The number of hydrogen-bond donors (Lipinski definition) is 2. The summed E-state index contributed by atoms with van der Waals surface area (Å²) in [6.07, 6.45) is 18.4. The van der Waals surface area contributed by atoms with Crippen molar-refractivity contribution < 1.29 is 43.2 Å². The van der Waals surface area contributed by atoms with Crippen LogP contribution in [-0.4, -0.2) is 80.5 Å². The van der Waals surface area contributed by atoms with Gasteiger partial charge in [-0.2, -0.15) is 0 Å². The van der Waals surface area contributed by atoms with Crippen LogP contribution in [0.15, 0.2) is 0 Å². The fourth-order valence-electron chi connectivity index (χ4n) is 4.66. The van der Waals surface area contributed by atoms with Gasteiger partial charge in [0.25, 0.3) is 0 Å². The summed E-state index contributed by atoms with van der Waals surface area (Å²) in [6, 6.07) is 0. The Kier molecular flexibility index (Phi) is 29.2. The highest BCUT2D eigenvalue weighted by Crippen LogP contribution is 2.15. The van der Waals surface area contributed by atoms with E-state index < -0.39 is 5.97 Å².